The zero-order valence-electron chi connectivity index (χ0n) is 9.76. The summed E-state index contributed by atoms with van der Waals surface area (Å²) in [7, 11) is 0. The molecule has 0 radical (unpaired) electrons. The minimum atomic E-state index is -0.0690. The maximum Gasteiger partial charge on any atom is 0.0543 e. The lowest BCUT2D eigenvalue weighted by molar-refractivity contribution is 0.177. The van der Waals surface area contributed by atoms with E-state index < -0.39 is 0 Å². The van der Waals surface area contributed by atoms with Crippen LogP contribution in [0.4, 0.5) is 0 Å². The zero-order valence-corrected chi connectivity index (χ0v) is 9.76. The Morgan fingerprint density at radius 2 is 2.44 bits per heavy atom. The lowest BCUT2D eigenvalue weighted by Crippen LogP contribution is -2.25. The summed E-state index contributed by atoms with van der Waals surface area (Å²) in [6.45, 7) is 3.15. The number of rotatable bonds is 4. The number of hydrogen-bond donors (Lipinski definition) is 2. The van der Waals surface area contributed by atoms with E-state index in [9.17, 15) is 5.11 Å². The molecule has 2 rings (SSSR count). The molecule has 0 saturated heterocycles. The first-order valence-corrected chi connectivity index (χ1v) is 6.07. The molecule has 1 aliphatic carbocycles. The van der Waals surface area contributed by atoms with Gasteiger partial charge in [0.25, 0.3) is 0 Å². The predicted octanol–water partition coefficient (Wildman–Crippen LogP) is 1.89. The Bertz CT molecular complexity index is 315. The Morgan fingerprint density at radius 3 is 3.06 bits per heavy atom. The van der Waals surface area contributed by atoms with Gasteiger partial charge in [0.1, 0.15) is 0 Å². The number of hydrogen-bond acceptors (Lipinski definition) is 3. The fourth-order valence-corrected chi connectivity index (χ4v) is 2.33. The highest BCUT2D eigenvalue weighted by molar-refractivity contribution is 5.12. The minimum absolute atomic E-state index is 0.0690. The first kappa shape index (κ1) is 11.6. The number of nitrogens with zero attached hydrogens (tertiary/aromatic N) is 1. The Labute approximate surface area is 96.9 Å². The number of aliphatic hydroxyl groups excluding tert-OH is 1. The van der Waals surface area contributed by atoms with E-state index in [-0.39, 0.29) is 6.10 Å². The summed E-state index contributed by atoms with van der Waals surface area (Å²) in [5.41, 5.74) is 1.22. The Balaban J connectivity index is 1.78. The standard InChI is InChI=1S/C13H20N2O/c1-10(12-3-2-6-14-9-12)15-8-11-4-5-13(16)7-11/h2-3,6,9-11,13,15-16H,4-5,7-8H2,1H3. The van der Waals surface area contributed by atoms with E-state index in [0.717, 1.165) is 25.8 Å². The van der Waals surface area contributed by atoms with Crippen molar-refractivity contribution in [3.8, 4) is 0 Å². The maximum absolute atomic E-state index is 9.44. The molecular formula is C13H20N2O. The Morgan fingerprint density at radius 1 is 1.56 bits per heavy atom. The average molecular weight is 220 g/mol. The molecule has 2 N–H and O–H groups in total. The highest BCUT2D eigenvalue weighted by Gasteiger charge is 2.22. The summed E-state index contributed by atoms with van der Waals surface area (Å²) in [6, 6.07) is 4.40. The van der Waals surface area contributed by atoms with Gasteiger partial charge in [0.2, 0.25) is 0 Å². The van der Waals surface area contributed by atoms with Gasteiger partial charge >= 0.3 is 0 Å². The topological polar surface area (TPSA) is 45.1 Å². The van der Waals surface area contributed by atoms with Crippen molar-refractivity contribution in [2.75, 3.05) is 6.54 Å². The van der Waals surface area contributed by atoms with E-state index >= 15 is 0 Å². The molecule has 1 saturated carbocycles. The average Bonchev–Trinajstić information content (AvgIpc) is 2.73. The minimum Gasteiger partial charge on any atom is -0.393 e. The highest BCUT2D eigenvalue weighted by Crippen LogP contribution is 2.25. The first-order valence-electron chi connectivity index (χ1n) is 6.07. The van der Waals surface area contributed by atoms with Gasteiger partial charge in [-0.05, 0) is 50.3 Å². The van der Waals surface area contributed by atoms with Crippen molar-refractivity contribution < 1.29 is 5.11 Å². The summed E-state index contributed by atoms with van der Waals surface area (Å²) in [4.78, 5) is 4.12. The predicted molar refractivity (Wildman–Crippen MR) is 64.0 cm³/mol. The van der Waals surface area contributed by atoms with Gasteiger partial charge in [0, 0.05) is 18.4 Å². The van der Waals surface area contributed by atoms with E-state index in [1.807, 2.05) is 12.3 Å². The molecule has 0 aromatic carbocycles. The van der Waals surface area contributed by atoms with Crippen LogP contribution in [0.3, 0.4) is 0 Å². The molecule has 3 nitrogen and oxygen atoms in total. The van der Waals surface area contributed by atoms with Gasteiger partial charge < -0.3 is 10.4 Å². The number of aromatic nitrogens is 1. The fourth-order valence-electron chi connectivity index (χ4n) is 2.33. The van der Waals surface area contributed by atoms with Crippen molar-refractivity contribution in [3.05, 3.63) is 30.1 Å². The van der Waals surface area contributed by atoms with E-state index in [1.165, 1.54) is 5.56 Å². The van der Waals surface area contributed by atoms with Gasteiger partial charge in [0.05, 0.1) is 6.10 Å². The second-order valence-corrected chi connectivity index (χ2v) is 4.75. The maximum atomic E-state index is 9.44. The van der Waals surface area contributed by atoms with Crippen LogP contribution in [0.1, 0.15) is 37.8 Å². The van der Waals surface area contributed by atoms with Gasteiger partial charge in [-0.1, -0.05) is 6.07 Å². The molecule has 88 valence electrons. The molecule has 3 unspecified atom stereocenters. The number of pyridine rings is 1. The molecule has 1 aliphatic rings. The molecule has 1 aromatic rings. The molecular weight excluding hydrogens is 200 g/mol. The monoisotopic (exact) mass is 220 g/mol. The van der Waals surface area contributed by atoms with Crippen molar-refractivity contribution in [3.63, 3.8) is 0 Å². The Hall–Kier alpha value is -0.930. The van der Waals surface area contributed by atoms with Gasteiger partial charge in [-0.2, -0.15) is 0 Å². The molecule has 1 aromatic heterocycles. The van der Waals surface area contributed by atoms with Crippen LogP contribution in [0.15, 0.2) is 24.5 Å². The summed E-state index contributed by atoms with van der Waals surface area (Å²) in [5.74, 6) is 0.633. The summed E-state index contributed by atoms with van der Waals surface area (Å²) < 4.78 is 0. The number of aliphatic hydroxyl groups is 1. The molecule has 0 amide bonds. The summed E-state index contributed by atoms with van der Waals surface area (Å²) in [6.07, 6.45) is 6.69. The molecule has 16 heavy (non-hydrogen) atoms. The van der Waals surface area contributed by atoms with Crippen molar-refractivity contribution in [2.45, 2.75) is 38.3 Å². The van der Waals surface area contributed by atoms with Crippen LogP contribution < -0.4 is 5.32 Å². The number of nitrogens with one attached hydrogen (secondary N) is 1. The van der Waals surface area contributed by atoms with E-state index in [4.69, 9.17) is 0 Å². The summed E-state index contributed by atoms with van der Waals surface area (Å²) >= 11 is 0. The van der Waals surface area contributed by atoms with E-state index in [0.29, 0.717) is 12.0 Å². The molecule has 0 spiro atoms. The van der Waals surface area contributed by atoms with Crippen LogP contribution in [0.25, 0.3) is 0 Å². The molecule has 3 atom stereocenters. The SMILES string of the molecule is CC(NCC1CCC(O)C1)c1cccnc1. The first-order chi connectivity index (χ1) is 7.75. The van der Waals surface area contributed by atoms with Crippen molar-refractivity contribution >= 4 is 0 Å². The van der Waals surface area contributed by atoms with Gasteiger partial charge in [-0.3, -0.25) is 4.98 Å². The van der Waals surface area contributed by atoms with Crippen molar-refractivity contribution in [1.82, 2.24) is 10.3 Å². The Kier molecular flexibility index (Phi) is 3.91. The van der Waals surface area contributed by atoms with Crippen LogP contribution >= 0.6 is 0 Å². The second kappa shape index (κ2) is 5.41. The third kappa shape index (κ3) is 3.03. The molecule has 3 heteroatoms. The smallest absolute Gasteiger partial charge is 0.0543 e. The lowest BCUT2D eigenvalue weighted by Gasteiger charge is -2.17. The van der Waals surface area contributed by atoms with E-state index in [1.54, 1.807) is 6.20 Å². The fraction of sp³-hybridized carbons (Fsp3) is 0.615. The van der Waals surface area contributed by atoms with Gasteiger partial charge in [-0.25, -0.2) is 0 Å². The third-order valence-corrected chi connectivity index (χ3v) is 3.41. The van der Waals surface area contributed by atoms with Gasteiger partial charge in [0.15, 0.2) is 0 Å². The van der Waals surface area contributed by atoms with Gasteiger partial charge in [-0.15, -0.1) is 0 Å². The molecule has 0 bridgehead atoms. The van der Waals surface area contributed by atoms with Crippen LogP contribution in [-0.2, 0) is 0 Å². The molecule has 1 heterocycles. The second-order valence-electron chi connectivity index (χ2n) is 4.75. The van der Waals surface area contributed by atoms with Crippen molar-refractivity contribution in [1.29, 1.82) is 0 Å². The van der Waals surface area contributed by atoms with Crippen LogP contribution in [0, 0.1) is 5.92 Å². The summed E-state index contributed by atoms with van der Waals surface area (Å²) in [5, 5.41) is 13.0. The normalized spacial score (nSPS) is 26.9. The lowest BCUT2D eigenvalue weighted by atomic mass is 10.1. The molecule has 0 aliphatic heterocycles. The van der Waals surface area contributed by atoms with Crippen LogP contribution in [0.2, 0.25) is 0 Å². The quantitative estimate of drug-likeness (QED) is 0.814. The van der Waals surface area contributed by atoms with Crippen LogP contribution in [-0.4, -0.2) is 22.7 Å². The largest absolute Gasteiger partial charge is 0.393 e. The zero-order chi connectivity index (χ0) is 11.4. The third-order valence-electron chi connectivity index (χ3n) is 3.41. The molecule has 1 fully saturated rings. The highest BCUT2D eigenvalue weighted by atomic mass is 16.3. The van der Waals surface area contributed by atoms with E-state index in [2.05, 4.69) is 23.3 Å². The van der Waals surface area contributed by atoms with Crippen molar-refractivity contribution in [2.24, 2.45) is 5.92 Å². The van der Waals surface area contributed by atoms with Crippen LogP contribution in [0.5, 0.6) is 0 Å².